The monoisotopic (exact) mass is 353 g/mol. The molecule has 6 nitrogen and oxygen atoms in total. The van der Waals surface area contributed by atoms with E-state index in [0.717, 1.165) is 18.7 Å². The number of amides is 2. The van der Waals surface area contributed by atoms with Crippen molar-refractivity contribution in [1.29, 1.82) is 0 Å². The number of hydrogen-bond donors (Lipinski definition) is 1. The summed E-state index contributed by atoms with van der Waals surface area (Å²) in [7, 11) is 2.07. The Morgan fingerprint density at radius 1 is 1.12 bits per heavy atom. The quantitative estimate of drug-likeness (QED) is 0.887. The van der Waals surface area contributed by atoms with E-state index in [1.165, 1.54) is 0 Å². The van der Waals surface area contributed by atoms with Crippen LogP contribution in [-0.4, -0.2) is 54.9 Å². The van der Waals surface area contributed by atoms with Gasteiger partial charge in [0.15, 0.2) is 6.61 Å². The molecular weight excluding hydrogens is 330 g/mol. The van der Waals surface area contributed by atoms with Gasteiger partial charge in [-0.3, -0.25) is 9.59 Å². The Bertz CT molecular complexity index is 779. The van der Waals surface area contributed by atoms with Crippen molar-refractivity contribution in [3.63, 3.8) is 0 Å². The predicted octanol–water partition coefficient (Wildman–Crippen LogP) is 1.68. The minimum absolute atomic E-state index is 0.00218. The number of primary amides is 1. The SMILES string of the molecule is CN1CCN(C(=O)c2cccc(OCC(N)=O)c2)C(c2ccccc2)C1. The van der Waals surface area contributed by atoms with E-state index < -0.39 is 5.91 Å². The van der Waals surface area contributed by atoms with Crippen molar-refractivity contribution in [2.24, 2.45) is 5.73 Å². The molecular formula is C20H23N3O3. The summed E-state index contributed by atoms with van der Waals surface area (Å²) < 4.78 is 5.32. The molecule has 1 saturated heterocycles. The highest BCUT2D eigenvalue weighted by atomic mass is 16.5. The Labute approximate surface area is 153 Å². The lowest BCUT2D eigenvalue weighted by molar-refractivity contribution is -0.119. The van der Waals surface area contributed by atoms with Crippen molar-refractivity contribution in [1.82, 2.24) is 9.80 Å². The summed E-state index contributed by atoms with van der Waals surface area (Å²) in [5, 5.41) is 0. The molecule has 2 aromatic rings. The summed E-state index contributed by atoms with van der Waals surface area (Å²) in [6.07, 6.45) is 0. The number of likely N-dealkylation sites (N-methyl/N-ethyl adjacent to an activating group) is 1. The van der Waals surface area contributed by atoms with Gasteiger partial charge in [0.25, 0.3) is 11.8 Å². The van der Waals surface area contributed by atoms with Gasteiger partial charge in [-0.2, -0.15) is 0 Å². The Hall–Kier alpha value is -2.86. The number of ether oxygens (including phenoxy) is 1. The molecule has 2 N–H and O–H groups in total. The molecule has 1 fully saturated rings. The topological polar surface area (TPSA) is 75.9 Å². The first kappa shape index (κ1) is 17.9. The molecule has 2 aromatic carbocycles. The van der Waals surface area contributed by atoms with Crippen LogP contribution in [0.1, 0.15) is 22.0 Å². The van der Waals surface area contributed by atoms with Crippen molar-refractivity contribution in [2.75, 3.05) is 33.3 Å². The highest BCUT2D eigenvalue weighted by molar-refractivity contribution is 5.95. The zero-order valence-electron chi connectivity index (χ0n) is 14.8. The molecule has 0 aromatic heterocycles. The Morgan fingerprint density at radius 3 is 2.62 bits per heavy atom. The highest BCUT2D eigenvalue weighted by Gasteiger charge is 2.30. The number of nitrogens with zero attached hydrogens (tertiary/aromatic N) is 2. The van der Waals surface area contributed by atoms with Crippen LogP contribution in [0.2, 0.25) is 0 Å². The predicted molar refractivity (Wildman–Crippen MR) is 98.8 cm³/mol. The van der Waals surface area contributed by atoms with E-state index in [-0.39, 0.29) is 18.6 Å². The average Bonchev–Trinajstić information content (AvgIpc) is 2.66. The molecule has 136 valence electrons. The van der Waals surface area contributed by atoms with Gasteiger partial charge in [-0.25, -0.2) is 0 Å². The maximum absolute atomic E-state index is 13.1. The van der Waals surface area contributed by atoms with Crippen LogP contribution < -0.4 is 10.5 Å². The maximum atomic E-state index is 13.1. The van der Waals surface area contributed by atoms with E-state index in [1.54, 1.807) is 24.3 Å². The Morgan fingerprint density at radius 2 is 1.88 bits per heavy atom. The summed E-state index contributed by atoms with van der Waals surface area (Å²) in [4.78, 5) is 28.2. The third kappa shape index (κ3) is 4.21. The molecule has 1 unspecified atom stereocenters. The van der Waals surface area contributed by atoms with Crippen LogP contribution in [0.4, 0.5) is 0 Å². The molecule has 0 radical (unpaired) electrons. The molecule has 1 atom stereocenters. The molecule has 1 aliphatic heterocycles. The zero-order chi connectivity index (χ0) is 18.5. The lowest BCUT2D eigenvalue weighted by atomic mass is 10.0. The number of carbonyl (C=O) groups is 2. The molecule has 26 heavy (non-hydrogen) atoms. The van der Waals surface area contributed by atoms with Gasteiger partial charge in [0.2, 0.25) is 0 Å². The van der Waals surface area contributed by atoms with Crippen LogP contribution in [0, 0.1) is 0 Å². The first-order valence-electron chi connectivity index (χ1n) is 8.60. The fourth-order valence-electron chi connectivity index (χ4n) is 3.16. The van der Waals surface area contributed by atoms with Gasteiger partial charge < -0.3 is 20.3 Å². The van der Waals surface area contributed by atoms with E-state index in [9.17, 15) is 9.59 Å². The largest absolute Gasteiger partial charge is 0.484 e. The molecule has 1 aliphatic rings. The van der Waals surface area contributed by atoms with Crippen molar-refractivity contribution in [3.8, 4) is 5.75 Å². The third-order valence-corrected chi connectivity index (χ3v) is 4.49. The first-order chi connectivity index (χ1) is 12.5. The molecule has 0 aliphatic carbocycles. The summed E-state index contributed by atoms with van der Waals surface area (Å²) in [5.74, 6) is -0.138. The van der Waals surface area contributed by atoms with Crippen molar-refractivity contribution in [3.05, 3.63) is 65.7 Å². The maximum Gasteiger partial charge on any atom is 0.255 e. The van der Waals surface area contributed by atoms with E-state index in [1.807, 2.05) is 23.1 Å². The first-order valence-corrected chi connectivity index (χ1v) is 8.60. The van der Waals surface area contributed by atoms with E-state index in [2.05, 4.69) is 24.1 Å². The highest BCUT2D eigenvalue weighted by Crippen LogP contribution is 2.27. The van der Waals surface area contributed by atoms with Crippen molar-refractivity contribution >= 4 is 11.8 Å². The minimum Gasteiger partial charge on any atom is -0.484 e. The number of benzene rings is 2. The molecule has 3 rings (SSSR count). The van der Waals surface area contributed by atoms with Gasteiger partial charge in [0.05, 0.1) is 6.04 Å². The number of hydrogen-bond acceptors (Lipinski definition) is 4. The fraction of sp³-hybridized carbons (Fsp3) is 0.300. The van der Waals surface area contributed by atoms with E-state index >= 15 is 0 Å². The van der Waals surface area contributed by atoms with Crippen LogP contribution in [0.15, 0.2) is 54.6 Å². The molecule has 0 bridgehead atoms. The fourth-order valence-corrected chi connectivity index (χ4v) is 3.16. The molecule has 0 saturated carbocycles. The van der Waals surface area contributed by atoms with Crippen LogP contribution in [0.5, 0.6) is 5.75 Å². The van der Waals surface area contributed by atoms with E-state index in [0.29, 0.717) is 17.9 Å². The van der Waals surface area contributed by atoms with Crippen molar-refractivity contribution in [2.45, 2.75) is 6.04 Å². The molecule has 1 heterocycles. The van der Waals surface area contributed by atoms with E-state index in [4.69, 9.17) is 10.5 Å². The van der Waals surface area contributed by atoms with Crippen LogP contribution >= 0.6 is 0 Å². The lowest BCUT2D eigenvalue weighted by Crippen LogP contribution is -2.49. The summed E-state index contributed by atoms with van der Waals surface area (Å²) in [5.41, 5.74) is 6.77. The summed E-state index contributed by atoms with van der Waals surface area (Å²) in [6, 6.07) is 16.9. The van der Waals surface area contributed by atoms with Gasteiger partial charge >= 0.3 is 0 Å². The second kappa shape index (κ2) is 8.01. The van der Waals surface area contributed by atoms with Gasteiger partial charge in [-0.1, -0.05) is 36.4 Å². The molecule has 2 amide bonds. The second-order valence-electron chi connectivity index (χ2n) is 6.47. The van der Waals surface area contributed by atoms with Gasteiger partial charge in [-0.05, 0) is 30.8 Å². The molecule has 6 heteroatoms. The number of rotatable bonds is 5. The van der Waals surface area contributed by atoms with Gasteiger partial charge in [0, 0.05) is 25.2 Å². The van der Waals surface area contributed by atoms with Crippen molar-refractivity contribution < 1.29 is 14.3 Å². The molecule has 0 spiro atoms. The third-order valence-electron chi connectivity index (χ3n) is 4.49. The Kier molecular flexibility index (Phi) is 5.53. The van der Waals surface area contributed by atoms with Gasteiger partial charge in [0.1, 0.15) is 5.75 Å². The lowest BCUT2D eigenvalue weighted by Gasteiger charge is -2.40. The van der Waals surface area contributed by atoms with Gasteiger partial charge in [-0.15, -0.1) is 0 Å². The Balaban J connectivity index is 1.83. The number of nitrogens with two attached hydrogens (primary N) is 1. The summed E-state index contributed by atoms with van der Waals surface area (Å²) >= 11 is 0. The van der Waals surface area contributed by atoms with Crippen LogP contribution in [0.25, 0.3) is 0 Å². The zero-order valence-corrected chi connectivity index (χ0v) is 14.8. The number of piperazine rings is 1. The smallest absolute Gasteiger partial charge is 0.255 e. The van der Waals surface area contributed by atoms with Crippen LogP contribution in [0.3, 0.4) is 0 Å². The normalized spacial score (nSPS) is 17.7. The van der Waals surface area contributed by atoms with Crippen LogP contribution in [-0.2, 0) is 4.79 Å². The second-order valence-corrected chi connectivity index (χ2v) is 6.47. The number of carbonyl (C=O) groups excluding carboxylic acids is 2. The minimum atomic E-state index is -0.551. The average molecular weight is 353 g/mol. The standard InChI is InChI=1S/C20H23N3O3/c1-22-10-11-23(18(13-22)15-6-3-2-4-7-15)20(25)16-8-5-9-17(12-16)26-14-19(21)24/h2-9,12,18H,10-11,13-14H2,1H3,(H2,21,24). The summed E-state index contributed by atoms with van der Waals surface area (Å²) in [6.45, 7) is 2.06.